The molecule has 0 aromatic heterocycles. The van der Waals surface area contributed by atoms with Crippen LogP contribution in [0.25, 0.3) is 0 Å². The topological polar surface area (TPSA) is 36.4 Å². The van der Waals surface area contributed by atoms with E-state index in [4.69, 9.17) is 4.99 Å². The average molecular weight is 348 g/mol. The highest BCUT2D eigenvalue weighted by Crippen LogP contribution is 2.32. The first-order valence-electron chi connectivity index (χ1n) is 8.38. The van der Waals surface area contributed by atoms with E-state index in [1.165, 1.54) is 30.2 Å². The molecule has 1 saturated heterocycles. The van der Waals surface area contributed by atoms with Crippen molar-refractivity contribution in [3.05, 3.63) is 0 Å². The second-order valence-electron chi connectivity index (χ2n) is 8.45. The quantitative estimate of drug-likeness (QED) is 0.796. The number of hydrogen-bond acceptors (Lipinski definition) is 4. The molecule has 130 valence electrons. The van der Waals surface area contributed by atoms with Crippen molar-refractivity contribution in [3.8, 4) is 0 Å². The van der Waals surface area contributed by atoms with Crippen molar-refractivity contribution in [2.75, 3.05) is 24.6 Å². The number of nitrogens with one attached hydrogen (secondary N) is 2. The fourth-order valence-corrected chi connectivity index (χ4v) is 5.01. The lowest BCUT2D eigenvalue weighted by Crippen LogP contribution is -2.62. The maximum atomic E-state index is 4.95. The van der Waals surface area contributed by atoms with Crippen LogP contribution in [0.1, 0.15) is 60.3 Å². The van der Waals surface area contributed by atoms with Crippen LogP contribution < -0.4 is 10.6 Å². The molecule has 0 atom stereocenters. The molecule has 0 amide bonds. The molecule has 0 aliphatic carbocycles. The van der Waals surface area contributed by atoms with Gasteiger partial charge in [0.15, 0.2) is 0 Å². The minimum absolute atomic E-state index is 0. The van der Waals surface area contributed by atoms with Crippen LogP contribution in [0.4, 0.5) is 0 Å². The summed E-state index contributed by atoms with van der Waals surface area (Å²) < 4.78 is 0. The van der Waals surface area contributed by atoms with E-state index in [9.17, 15) is 0 Å². The van der Waals surface area contributed by atoms with Crippen LogP contribution in [-0.2, 0) is 0 Å². The number of hydrogen-bond donors (Lipinski definition) is 2. The monoisotopic (exact) mass is 347 g/mol. The second kappa shape index (κ2) is 7.76. The van der Waals surface area contributed by atoms with Gasteiger partial charge in [-0.2, -0.15) is 11.8 Å². The predicted molar refractivity (Wildman–Crippen MR) is 103 cm³/mol. The second-order valence-corrected chi connectivity index (χ2v) is 9.68. The fourth-order valence-electron chi connectivity index (χ4n) is 3.82. The van der Waals surface area contributed by atoms with Gasteiger partial charge in [-0.1, -0.05) is 20.8 Å². The molecule has 2 aliphatic rings. The lowest BCUT2D eigenvalue weighted by atomic mass is 9.80. The average Bonchev–Trinajstić information content (AvgIpc) is 2.51. The van der Waals surface area contributed by atoms with E-state index in [0.717, 1.165) is 25.9 Å². The number of aliphatic imine (C=N–C) groups is 1. The van der Waals surface area contributed by atoms with Crippen LogP contribution in [0.3, 0.4) is 0 Å². The van der Waals surface area contributed by atoms with E-state index >= 15 is 0 Å². The predicted octanol–water partition coefficient (Wildman–Crippen LogP) is 3.87. The summed E-state index contributed by atoms with van der Waals surface area (Å²) in [4.78, 5) is 4.95. The summed E-state index contributed by atoms with van der Waals surface area (Å²) in [6.45, 7) is 13.6. The number of rotatable bonds is 2. The summed E-state index contributed by atoms with van der Waals surface area (Å²) in [6, 6.07) is 0. The summed E-state index contributed by atoms with van der Waals surface area (Å²) in [7, 11) is 0. The minimum atomic E-state index is 0. The number of halogens is 1. The maximum absolute atomic E-state index is 4.95. The minimum Gasteiger partial charge on any atom is -0.367 e. The Morgan fingerprint density at radius 2 is 1.82 bits per heavy atom. The Kier molecular flexibility index (Phi) is 7.10. The summed E-state index contributed by atoms with van der Waals surface area (Å²) in [5.74, 6) is 3.72. The first kappa shape index (κ1) is 20.1. The Labute approximate surface area is 147 Å². The fraction of sp³-hybridized carbons (Fsp3) is 0.941. The van der Waals surface area contributed by atoms with E-state index in [1.54, 1.807) is 0 Å². The summed E-state index contributed by atoms with van der Waals surface area (Å²) in [6.07, 6.45) is 4.70. The molecule has 2 N–H and O–H groups in total. The van der Waals surface area contributed by atoms with Crippen molar-refractivity contribution < 1.29 is 0 Å². The van der Waals surface area contributed by atoms with Crippen LogP contribution in [0, 0.1) is 5.41 Å². The SMILES string of the molecule is CC(C)(C)CC(C)(C)NC1=NCCCNC12CCSCC2.Cl. The number of nitrogens with zero attached hydrogens (tertiary/aromatic N) is 1. The highest BCUT2D eigenvalue weighted by Gasteiger charge is 2.40. The molecule has 0 radical (unpaired) electrons. The van der Waals surface area contributed by atoms with Gasteiger partial charge in [-0.05, 0) is 63.0 Å². The van der Waals surface area contributed by atoms with E-state index in [1.807, 2.05) is 0 Å². The molecule has 1 spiro atoms. The van der Waals surface area contributed by atoms with Crippen molar-refractivity contribution in [2.45, 2.75) is 71.4 Å². The Hall–Kier alpha value is 0.0700. The largest absolute Gasteiger partial charge is 0.367 e. The van der Waals surface area contributed by atoms with Crippen molar-refractivity contribution in [3.63, 3.8) is 0 Å². The number of thioether (sulfide) groups is 1. The molecule has 2 heterocycles. The van der Waals surface area contributed by atoms with E-state index in [-0.39, 0.29) is 23.5 Å². The molecule has 0 aromatic rings. The third kappa shape index (κ3) is 5.61. The van der Waals surface area contributed by atoms with Gasteiger partial charge in [-0.25, -0.2) is 0 Å². The van der Waals surface area contributed by atoms with Crippen LogP contribution in [-0.4, -0.2) is 41.5 Å². The molecular weight excluding hydrogens is 314 g/mol. The molecular formula is C17H34ClN3S. The first-order chi connectivity index (χ1) is 9.73. The molecule has 5 heteroatoms. The Bertz CT molecular complexity index is 382. The molecule has 2 rings (SSSR count). The third-order valence-electron chi connectivity index (χ3n) is 4.30. The van der Waals surface area contributed by atoms with Crippen LogP contribution in [0.15, 0.2) is 4.99 Å². The molecule has 3 nitrogen and oxygen atoms in total. The zero-order chi connectivity index (χ0) is 15.6. The standard InChI is InChI=1S/C17H33N3S.ClH/c1-15(2,3)13-16(4,5)20-14-17(7-11-21-12-8-17)19-10-6-9-18-14;/h19H,6-13H2,1-5H3,(H,18,20);1H. The highest BCUT2D eigenvalue weighted by molar-refractivity contribution is 7.99. The van der Waals surface area contributed by atoms with Crippen molar-refractivity contribution in [2.24, 2.45) is 10.4 Å². The van der Waals surface area contributed by atoms with E-state index in [0.29, 0.717) is 5.41 Å². The van der Waals surface area contributed by atoms with Gasteiger partial charge in [0.1, 0.15) is 5.84 Å². The summed E-state index contributed by atoms with van der Waals surface area (Å²) >= 11 is 2.08. The highest BCUT2D eigenvalue weighted by atomic mass is 35.5. The maximum Gasteiger partial charge on any atom is 0.117 e. The Morgan fingerprint density at radius 3 is 2.41 bits per heavy atom. The van der Waals surface area contributed by atoms with E-state index < -0.39 is 0 Å². The lowest BCUT2D eigenvalue weighted by molar-refractivity contribution is 0.260. The van der Waals surface area contributed by atoms with Crippen molar-refractivity contribution in [1.29, 1.82) is 0 Å². The van der Waals surface area contributed by atoms with Gasteiger partial charge >= 0.3 is 0 Å². The Morgan fingerprint density at radius 1 is 1.18 bits per heavy atom. The van der Waals surface area contributed by atoms with Gasteiger partial charge in [0.2, 0.25) is 0 Å². The molecule has 22 heavy (non-hydrogen) atoms. The molecule has 0 saturated carbocycles. The van der Waals surface area contributed by atoms with Crippen LogP contribution in [0.2, 0.25) is 0 Å². The van der Waals surface area contributed by atoms with Crippen molar-refractivity contribution >= 4 is 30.0 Å². The number of amidine groups is 1. The molecule has 2 aliphatic heterocycles. The van der Waals surface area contributed by atoms with Gasteiger partial charge in [0.05, 0.1) is 5.54 Å². The molecule has 0 bridgehead atoms. The van der Waals surface area contributed by atoms with Gasteiger partial charge in [-0.15, -0.1) is 12.4 Å². The summed E-state index contributed by atoms with van der Waals surface area (Å²) in [5.41, 5.74) is 0.516. The van der Waals surface area contributed by atoms with Crippen molar-refractivity contribution in [1.82, 2.24) is 10.6 Å². The third-order valence-corrected chi connectivity index (χ3v) is 5.28. The first-order valence-corrected chi connectivity index (χ1v) is 9.54. The molecule has 1 fully saturated rings. The smallest absolute Gasteiger partial charge is 0.117 e. The van der Waals surface area contributed by atoms with Gasteiger partial charge < -0.3 is 10.6 Å². The van der Waals surface area contributed by atoms with E-state index in [2.05, 4.69) is 57.0 Å². The Balaban J connectivity index is 0.00000242. The van der Waals surface area contributed by atoms with Gasteiger partial charge in [0.25, 0.3) is 0 Å². The zero-order valence-electron chi connectivity index (χ0n) is 14.9. The van der Waals surface area contributed by atoms with Crippen LogP contribution >= 0.6 is 24.2 Å². The lowest BCUT2D eigenvalue weighted by Gasteiger charge is -2.43. The molecule has 0 aromatic carbocycles. The molecule has 0 unspecified atom stereocenters. The van der Waals surface area contributed by atoms with Crippen LogP contribution in [0.5, 0.6) is 0 Å². The van der Waals surface area contributed by atoms with Gasteiger partial charge in [0, 0.05) is 12.1 Å². The normalized spacial score (nSPS) is 22.5. The zero-order valence-corrected chi connectivity index (χ0v) is 16.6. The summed E-state index contributed by atoms with van der Waals surface area (Å²) in [5, 5.41) is 7.66. The van der Waals surface area contributed by atoms with Gasteiger partial charge in [-0.3, -0.25) is 4.99 Å².